The van der Waals surface area contributed by atoms with Crippen LogP contribution in [0, 0.1) is 0 Å². The van der Waals surface area contributed by atoms with Gasteiger partial charge in [-0.05, 0) is 33.6 Å². The SMILES string of the molecule is C=C.CCCN(C)C(=O)C(/C=C(/C)CC)=C(C)C. The van der Waals surface area contributed by atoms with Crippen LogP contribution in [0.25, 0.3) is 0 Å². The van der Waals surface area contributed by atoms with E-state index in [1.807, 2.05) is 27.0 Å². The van der Waals surface area contributed by atoms with Gasteiger partial charge in [0.05, 0.1) is 0 Å². The van der Waals surface area contributed by atoms with Crippen molar-refractivity contribution >= 4 is 5.91 Å². The van der Waals surface area contributed by atoms with Crippen LogP contribution in [0.5, 0.6) is 0 Å². The van der Waals surface area contributed by atoms with Crippen molar-refractivity contribution in [1.82, 2.24) is 4.90 Å². The van der Waals surface area contributed by atoms with Crippen molar-refractivity contribution in [3.05, 3.63) is 36.0 Å². The fourth-order valence-corrected chi connectivity index (χ4v) is 1.41. The van der Waals surface area contributed by atoms with E-state index >= 15 is 0 Å². The molecule has 0 saturated carbocycles. The zero-order valence-electron chi connectivity index (χ0n) is 13.0. The summed E-state index contributed by atoms with van der Waals surface area (Å²) < 4.78 is 0. The van der Waals surface area contributed by atoms with E-state index in [2.05, 4.69) is 33.9 Å². The van der Waals surface area contributed by atoms with Crippen LogP contribution in [0.15, 0.2) is 36.0 Å². The highest BCUT2D eigenvalue weighted by Gasteiger charge is 2.13. The Bertz CT molecular complexity index is 309. The standard InChI is InChI=1S/C14H25NO.C2H4/c1-7-9-15(6)14(16)13(11(3)4)10-12(5)8-2;1-2/h10H,7-9H2,1-6H3;1-2H2/b12-10-;. The highest BCUT2D eigenvalue weighted by atomic mass is 16.2. The van der Waals surface area contributed by atoms with Crippen molar-refractivity contribution in [3.63, 3.8) is 0 Å². The first kappa shape index (κ1) is 19.0. The summed E-state index contributed by atoms with van der Waals surface area (Å²) in [6.07, 6.45) is 4.00. The van der Waals surface area contributed by atoms with Crippen LogP contribution in [0.3, 0.4) is 0 Å². The quantitative estimate of drug-likeness (QED) is 0.404. The van der Waals surface area contributed by atoms with Gasteiger partial charge in [-0.3, -0.25) is 4.79 Å². The fraction of sp³-hybridized carbons (Fsp3) is 0.562. The summed E-state index contributed by atoms with van der Waals surface area (Å²) in [5, 5.41) is 0. The van der Waals surface area contributed by atoms with E-state index in [0.29, 0.717) is 0 Å². The van der Waals surface area contributed by atoms with Crippen LogP contribution in [0.4, 0.5) is 0 Å². The van der Waals surface area contributed by atoms with E-state index in [1.54, 1.807) is 4.90 Å². The molecule has 0 N–H and O–H groups in total. The van der Waals surface area contributed by atoms with E-state index in [9.17, 15) is 4.79 Å². The first-order valence-electron chi connectivity index (χ1n) is 6.54. The number of nitrogens with zero attached hydrogens (tertiary/aromatic N) is 1. The van der Waals surface area contributed by atoms with Crippen molar-refractivity contribution in [3.8, 4) is 0 Å². The lowest BCUT2D eigenvalue weighted by molar-refractivity contribution is -0.125. The molecule has 0 aromatic carbocycles. The molecular weight excluding hydrogens is 222 g/mol. The number of likely N-dealkylation sites (N-methyl/N-ethyl adjacent to an activating group) is 1. The lowest BCUT2D eigenvalue weighted by Crippen LogP contribution is -2.28. The highest BCUT2D eigenvalue weighted by Crippen LogP contribution is 2.13. The molecule has 0 aliphatic rings. The molecule has 104 valence electrons. The number of rotatable bonds is 5. The lowest BCUT2D eigenvalue weighted by Gasteiger charge is -2.18. The molecule has 0 heterocycles. The van der Waals surface area contributed by atoms with E-state index in [-0.39, 0.29) is 5.91 Å². The summed E-state index contributed by atoms with van der Waals surface area (Å²) in [5.74, 6) is 0.134. The van der Waals surface area contributed by atoms with E-state index in [4.69, 9.17) is 0 Å². The molecule has 0 aromatic rings. The minimum Gasteiger partial charge on any atom is -0.342 e. The van der Waals surface area contributed by atoms with Gasteiger partial charge in [0.25, 0.3) is 5.91 Å². The molecule has 0 spiro atoms. The Morgan fingerprint density at radius 3 is 2.00 bits per heavy atom. The second kappa shape index (κ2) is 10.8. The third kappa shape index (κ3) is 7.10. The molecule has 18 heavy (non-hydrogen) atoms. The highest BCUT2D eigenvalue weighted by molar-refractivity contribution is 5.96. The number of hydrogen-bond acceptors (Lipinski definition) is 1. The normalized spacial score (nSPS) is 10.2. The number of amides is 1. The van der Waals surface area contributed by atoms with Crippen molar-refractivity contribution in [2.24, 2.45) is 0 Å². The van der Waals surface area contributed by atoms with Crippen molar-refractivity contribution in [1.29, 1.82) is 0 Å². The number of allylic oxidation sites excluding steroid dienone is 2. The van der Waals surface area contributed by atoms with Crippen LogP contribution < -0.4 is 0 Å². The molecule has 0 aromatic heterocycles. The summed E-state index contributed by atoms with van der Waals surface area (Å²) in [7, 11) is 1.86. The number of hydrogen-bond donors (Lipinski definition) is 0. The van der Waals surface area contributed by atoms with Crippen molar-refractivity contribution < 1.29 is 4.79 Å². The van der Waals surface area contributed by atoms with Gasteiger partial charge in [0.2, 0.25) is 0 Å². The average Bonchev–Trinajstić information content (AvgIpc) is 2.37. The van der Waals surface area contributed by atoms with Gasteiger partial charge in [0, 0.05) is 19.2 Å². The first-order chi connectivity index (χ1) is 8.43. The molecule has 2 heteroatoms. The Labute approximate surface area is 113 Å². The number of carbonyl (C=O) groups excluding carboxylic acids is 1. The molecule has 2 nitrogen and oxygen atoms in total. The van der Waals surface area contributed by atoms with Gasteiger partial charge in [-0.2, -0.15) is 0 Å². The Kier molecular flexibility index (Phi) is 11.4. The van der Waals surface area contributed by atoms with Crippen LogP contribution in [0.1, 0.15) is 47.5 Å². The smallest absolute Gasteiger partial charge is 0.253 e. The molecule has 0 fully saturated rings. The predicted octanol–water partition coefficient (Wildman–Crippen LogP) is 4.35. The Morgan fingerprint density at radius 1 is 1.17 bits per heavy atom. The Hall–Kier alpha value is -1.31. The van der Waals surface area contributed by atoms with Gasteiger partial charge in [-0.1, -0.05) is 31.1 Å². The monoisotopic (exact) mass is 251 g/mol. The second-order valence-electron chi connectivity index (χ2n) is 4.48. The van der Waals surface area contributed by atoms with E-state index in [1.165, 1.54) is 5.57 Å². The zero-order valence-corrected chi connectivity index (χ0v) is 13.0. The van der Waals surface area contributed by atoms with Crippen LogP contribution in [-0.4, -0.2) is 24.4 Å². The zero-order chi connectivity index (χ0) is 14.7. The molecule has 0 radical (unpaired) electrons. The first-order valence-corrected chi connectivity index (χ1v) is 6.54. The predicted molar refractivity (Wildman–Crippen MR) is 81.6 cm³/mol. The summed E-state index contributed by atoms with van der Waals surface area (Å²) in [5.41, 5.74) is 3.17. The summed E-state index contributed by atoms with van der Waals surface area (Å²) in [6.45, 7) is 17.1. The molecule has 0 unspecified atom stereocenters. The topological polar surface area (TPSA) is 20.3 Å². The summed E-state index contributed by atoms with van der Waals surface area (Å²) in [6, 6.07) is 0. The molecule has 0 saturated heterocycles. The maximum absolute atomic E-state index is 12.1. The molecule has 0 aliphatic heterocycles. The maximum Gasteiger partial charge on any atom is 0.253 e. The summed E-state index contributed by atoms with van der Waals surface area (Å²) in [4.78, 5) is 13.9. The fourth-order valence-electron chi connectivity index (χ4n) is 1.41. The lowest BCUT2D eigenvalue weighted by atomic mass is 10.1. The molecule has 0 bridgehead atoms. The van der Waals surface area contributed by atoms with Crippen LogP contribution in [-0.2, 0) is 4.79 Å². The van der Waals surface area contributed by atoms with Crippen LogP contribution >= 0.6 is 0 Å². The van der Waals surface area contributed by atoms with Crippen molar-refractivity contribution in [2.45, 2.75) is 47.5 Å². The van der Waals surface area contributed by atoms with Gasteiger partial charge in [0.1, 0.15) is 0 Å². The molecule has 0 atom stereocenters. The van der Waals surface area contributed by atoms with Gasteiger partial charge in [-0.25, -0.2) is 0 Å². The Morgan fingerprint density at radius 2 is 1.67 bits per heavy atom. The summed E-state index contributed by atoms with van der Waals surface area (Å²) >= 11 is 0. The third-order valence-electron chi connectivity index (χ3n) is 2.62. The largest absolute Gasteiger partial charge is 0.342 e. The van der Waals surface area contributed by atoms with Crippen molar-refractivity contribution in [2.75, 3.05) is 13.6 Å². The minimum atomic E-state index is 0.134. The Balaban J connectivity index is 0. The van der Waals surface area contributed by atoms with Gasteiger partial charge in [0.15, 0.2) is 0 Å². The average molecular weight is 251 g/mol. The van der Waals surface area contributed by atoms with Crippen LogP contribution in [0.2, 0.25) is 0 Å². The maximum atomic E-state index is 12.1. The second-order valence-corrected chi connectivity index (χ2v) is 4.48. The van der Waals surface area contributed by atoms with Gasteiger partial charge < -0.3 is 4.90 Å². The molecule has 0 aliphatic carbocycles. The third-order valence-corrected chi connectivity index (χ3v) is 2.62. The molecule has 1 amide bonds. The minimum absolute atomic E-state index is 0.134. The van der Waals surface area contributed by atoms with E-state index in [0.717, 1.165) is 30.5 Å². The van der Waals surface area contributed by atoms with Gasteiger partial charge in [-0.15, -0.1) is 13.2 Å². The van der Waals surface area contributed by atoms with Gasteiger partial charge >= 0.3 is 0 Å². The molecule has 0 rings (SSSR count). The molecular formula is C16H29NO. The number of carbonyl (C=O) groups is 1. The van der Waals surface area contributed by atoms with E-state index < -0.39 is 0 Å².